The van der Waals surface area contributed by atoms with Crippen LogP contribution in [-0.2, 0) is 12.8 Å². The smallest absolute Gasteiger partial charge is 0.266 e. The fourth-order valence-electron chi connectivity index (χ4n) is 2.68. The van der Waals surface area contributed by atoms with Gasteiger partial charge in [0.25, 0.3) is 5.56 Å². The van der Waals surface area contributed by atoms with Gasteiger partial charge in [-0.25, -0.2) is 4.98 Å². The van der Waals surface area contributed by atoms with E-state index in [0.717, 1.165) is 15.1 Å². The zero-order valence-corrected chi connectivity index (χ0v) is 18.0. The second kappa shape index (κ2) is 7.56. The molecule has 4 aromatic rings. The van der Waals surface area contributed by atoms with Gasteiger partial charge in [-0.1, -0.05) is 30.0 Å². The molecule has 0 amide bonds. The number of hydrogen-bond donors (Lipinski definition) is 1. The summed E-state index contributed by atoms with van der Waals surface area (Å²) < 4.78 is 5.04. The standard InChI is InChI=1S/C18H14IN5OS2/c1-23-15(21-22-17(23)26)10-27-18-20-14-8-7-11(19)9-13(14)16(25)24(18)12-5-3-2-4-6-12/h2-9H,10H2,1H3,(H,22,26). The number of thioether (sulfide) groups is 1. The van der Waals surface area contributed by atoms with Gasteiger partial charge >= 0.3 is 0 Å². The Bertz CT molecular complexity index is 1250. The molecule has 0 bridgehead atoms. The third-order valence-corrected chi connectivity index (χ3v) is 6.09. The molecule has 9 heteroatoms. The molecule has 1 N–H and O–H groups in total. The average Bonchev–Trinajstić information content (AvgIpc) is 3.00. The molecular weight excluding hydrogens is 493 g/mol. The minimum absolute atomic E-state index is 0.0809. The molecule has 2 aromatic carbocycles. The molecule has 0 aliphatic heterocycles. The van der Waals surface area contributed by atoms with E-state index >= 15 is 0 Å². The van der Waals surface area contributed by atoms with E-state index in [0.29, 0.717) is 26.6 Å². The van der Waals surface area contributed by atoms with E-state index in [-0.39, 0.29) is 5.56 Å². The van der Waals surface area contributed by atoms with Gasteiger partial charge in [-0.2, -0.15) is 5.10 Å². The van der Waals surface area contributed by atoms with Gasteiger partial charge in [0, 0.05) is 10.6 Å². The molecular formula is C18H14IN5OS2. The lowest BCUT2D eigenvalue weighted by Crippen LogP contribution is -2.22. The third-order valence-electron chi connectivity index (χ3n) is 4.12. The lowest BCUT2D eigenvalue weighted by Gasteiger charge is -2.13. The number of nitrogens with zero attached hydrogens (tertiary/aromatic N) is 4. The number of aromatic nitrogens is 5. The van der Waals surface area contributed by atoms with Crippen LogP contribution in [0, 0.1) is 8.34 Å². The lowest BCUT2D eigenvalue weighted by molar-refractivity contribution is 0.810. The molecule has 0 radical (unpaired) electrons. The SMILES string of the molecule is Cn1c(CSc2nc3ccc(I)cc3c(=O)n2-c2ccccc2)n[nH]c1=S. The van der Waals surface area contributed by atoms with E-state index in [9.17, 15) is 4.79 Å². The van der Waals surface area contributed by atoms with Gasteiger partial charge in [-0.3, -0.25) is 14.5 Å². The Morgan fingerprint density at radius 2 is 2.00 bits per heavy atom. The van der Waals surface area contributed by atoms with E-state index in [1.807, 2.05) is 60.1 Å². The van der Waals surface area contributed by atoms with Crippen LogP contribution >= 0.6 is 46.6 Å². The molecule has 6 nitrogen and oxygen atoms in total. The predicted molar refractivity (Wildman–Crippen MR) is 118 cm³/mol. The first-order chi connectivity index (χ1) is 13.0. The van der Waals surface area contributed by atoms with Crippen molar-refractivity contribution >= 4 is 57.5 Å². The molecule has 0 saturated heterocycles. The summed E-state index contributed by atoms with van der Waals surface area (Å²) in [5, 5.41) is 8.24. The molecule has 4 rings (SSSR count). The van der Waals surface area contributed by atoms with E-state index in [1.165, 1.54) is 11.8 Å². The first-order valence-electron chi connectivity index (χ1n) is 8.05. The van der Waals surface area contributed by atoms with Gasteiger partial charge in [-0.05, 0) is 65.1 Å². The highest BCUT2D eigenvalue weighted by molar-refractivity contribution is 14.1. The van der Waals surface area contributed by atoms with Crippen molar-refractivity contribution in [3.8, 4) is 5.69 Å². The van der Waals surface area contributed by atoms with Crippen LogP contribution in [0.4, 0.5) is 0 Å². The maximum Gasteiger partial charge on any atom is 0.266 e. The molecule has 27 heavy (non-hydrogen) atoms. The number of H-pyrrole nitrogens is 1. The third kappa shape index (κ3) is 3.58. The van der Waals surface area contributed by atoms with Gasteiger partial charge in [0.2, 0.25) is 0 Å². The molecule has 2 aromatic heterocycles. The first-order valence-corrected chi connectivity index (χ1v) is 10.5. The zero-order chi connectivity index (χ0) is 19.0. The summed E-state index contributed by atoms with van der Waals surface area (Å²) in [5.41, 5.74) is 1.39. The number of benzene rings is 2. The van der Waals surface area contributed by atoms with Crippen molar-refractivity contribution in [3.05, 3.63) is 73.1 Å². The Hall–Kier alpha value is -1.98. The molecule has 136 valence electrons. The zero-order valence-electron chi connectivity index (χ0n) is 14.2. The summed E-state index contributed by atoms with van der Waals surface area (Å²) in [4.78, 5) is 18.0. The number of halogens is 1. The van der Waals surface area contributed by atoms with Gasteiger partial charge in [0.05, 0.1) is 22.3 Å². The average molecular weight is 507 g/mol. The monoisotopic (exact) mass is 507 g/mol. The number of para-hydroxylation sites is 1. The van der Waals surface area contributed by atoms with Crippen LogP contribution in [-0.4, -0.2) is 24.3 Å². The van der Waals surface area contributed by atoms with Gasteiger partial charge < -0.3 is 4.57 Å². The van der Waals surface area contributed by atoms with Gasteiger partial charge in [-0.15, -0.1) is 0 Å². The van der Waals surface area contributed by atoms with Crippen LogP contribution < -0.4 is 5.56 Å². The largest absolute Gasteiger partial charge is 0.307 e. The Kier molecular flexibility index (Phi) is 5.15. The highest BCUT2D eigenvalue weighted by Gasteiger charge is 2.15. The lowest BCUT2D eigenvalue weighted by atomic mass is 10.2. The highest BCUT2D eigenvalue weighted by atomic mass is 127. The molecule has 0 unspecified atom stereocenters. The molecule has 2 heterocycles. The summed E-state index contributed by atoms with van der Waals surface area (Å²) in [6.45, 7) is 0. The normalized spacial score (nSPS) is 11.2. The second-order valence-corrected chi connectivity index (χ2v) is 8.40. The van der Waals surface area contributed by atoms with Crippen molar-refractivity contribution in [2.24, 2.45) is 7.05 Å². The highest BCUT2D eigenvalue weighted by Crippen LogP contribution is 2.24. The second-order valence-electron chi connectivity index (χ2n) is 5.82. The fourth-order valence-corrected chi connectivity index (χ4v) is 4.32. The maximum atomic E-state index is 13.2. The Labute approximate surface area is 177 Å². The summed E-state index contributed by atoms with van der Waals surface area (Å²) >= 11 is 8.83. The van der Waals surface area contributed by atoms with Crippen LogP contribution in [0.15, 0.2) is 58.5 Å². The molecule has 0 aliphatic rings. The topological polar surface area (TPSA) is 68.5 Å². The van der Waals surface area contributed by atoms with Crippen molar-refractivity contribution < 1.29 is 0 Å². The molecule has 0 fully saturated rings. The molecule has 0 spiro atoms. The Morgan fingerprint density at radius 1 is 1.22 bits per heavy atom. The van der Waals surface area contributed by atoms with E-state index in [4.69, 9.17) is 17.2 Å². The number of aromatic amines is 1. The number of hydrogen-bond acceptors (Lipinski definition) is 5. The summed E-state index contributed by atoms with van der Waals surface area (Å²) in [5.74, 6) is 1.33. The number of rotatable bonds is 4. The number of nitrogens with one attached hydrogen (secondary N) is 1. The van der Waals surface area contributed by atoms with Gasteiger partial charge in [0.1, 0.15) is 5.82 Å². The maximum absolute atomic E-state index is 13.2. The minimum Gasteiger partial charge on any atom is -0.307 e. The van der Waals surface area contributed by atoms with Crippen LogP contribution in [0.25, 0.3) is 16.6 Å². The van der Waals surface area contributed by atoms with Crippen molar-refractivity contribution in [2.75, 3.05) is 0 Å². The predicted octanol–water partition coefficient (Wildman–Crippen LogP) is 4.07. The van der Waals surface area contributed by atoms with Crippen LogP contribution in [0.1, 0.15) is 5.82 Å². The Balaban J connectivity index is 1.87. The van der Waals surface area contributed by atoms with Crippen molar-refractivity contribution in [2.45, 2.75) is 10.9 Å². The quantitative estimate of drug-likeness (QED) is 0.195. The molecule has 0 saturated carbocycles. The van der Waals surface area contributed by atoms with Crippen molar-refractivity contribution in [3.63, 3.8) is 0 Å². The number of fused-ring (bicyclic) bond motifs is 1. The van der Waals surface area contributed by atoms with E-state index in [1.54, 1.807) is 4.57 Å². The van der Waals surface area contributed by atoms with Gasteiger partial charge in [0.15, 0.2) is 9.93 Å². The van der Waals surface area contributed by atoms with Crippen molar-refractivity contribution in [1.82, 2.24) is 24.3 Å². The van der Waals surface area contributed by atoms with Crippen LogP contribution in [0.5, 0.6) is 0 Å². The van der Waals surface area contributed by atoms with E-state index in [2.05, 4.69) is 32.8 Å². The molecule has 0 atom stereocenters. The summed E-state index contributed by atoms with van der Waals surface area (Å²) in [7, 11) is 1.86. The van der Waals surface area contributed by atoms with Crippen LogP contribution in [0.2, 0.25) is 0 Å². The fraction of sp³-hybridized carbons (Fsp3) is 0.111. The minimum atomic E-state index is -0.0809. The molecule has 0 aliphatic carbocycles. The summed E-state index contributed by atoms with van der Waals surface area (Å²) in [6, 6.07) is 15.3. The van der Waals surface area contributed by atoms with E-state index < -0.39 is 0 Å². The van der Waals surface area contributed by atoms with Crippen molar-refractivity contribution in [1.29, 1.82) is 0 Å². The van der Waals surface area contributed by atoms with Crippen LogP contribution in [0.3, 0.4) is 0 Å². The first kappa shape index (κ1) is 18.4. The summed E-state index contributed by atoms with van der Waals surface area (Å²) in [6.07, 6.45) is 0. The Morgan fingerprint density at radius 3 is 2.70 bits per heavy atom.